The first-order chi connectivity index (χ1) is 7.31. The third-order valence-corrected chi connectivity index (χ3v) is 2.25. The molecule has 2 aromatic heterocycles. The average Bonchev–Trinajstić information content (AvgIpc) is 2.61. The molecule has 0 atom stereocenters. The molecule has 0 bridgehead atoms. The third-order valence-electron chi connectivity index (χ3n) is 2.25. The van der Waals surface area contributed by atoms with Crippen LogP contribution >= 0.6 is 0 Å². The maximum absolute atomic E-state index is 5.50. The van der Waals surface area contributed by atoms with Gasteiger partial charge in [-0.1, -0.05) is 0 Å². The fourth-order valence-electron chi connectivity index (χ4n) is 1.56. The van der Waals surface area contributed by atoms with E-state index in [2.05, 4.69) is 9.97 Å². The van der Waals surface area contributed by atoms with Crippen LogP contribution in [0.1, 0.15) is 5.69 Å². The summed E-state index contributed by atoms with van der Waals surface area (Å²) in [4.78, 5) is 8.59. The zero-order valence-corrected chi connectivity index (χ0v) is 8.72. The highest BCUT2D eigenvalue weighted by Crippen LogP contribution is 2.16. The van der Waals surface area contributed by atoms with Crippen molar-refractivity contribution < 1.29 is 0 Å². The van der Waals surface area contributed by atoms with Crippen LogP contribution in [0, 0.1) is 0 Å². The van der Waals surface area contributed by atoms with Gasteiger partial charge in [0, 0.05) is 37.6 Å². The third kappa shape index (κ3) is 2.05. The fourth-order valence-corrected chi connectivity index (χ4v) is 1.56. The van der Waals surface area contributed by atoms with Crippen LogP contribution in [0.5, 0.6) is 0 Å². The molecule has 0 amide bonds. The summed E-state index contributed by atoms with van der Waals surface area (Å²) in [7, 11) is 1.98. The molecule has 4 heteroatoms. The summed E-state index contributed by atoms with van der Waals surface area (Å²) in [6.45, 7) is 0.628. The van der Waals surface area contributed by atoms with Crippen LogP contribution in [0.3, 0.4) is 0 Å². The Balaban J connectivity index is 2.36. The Labute approximate surface area is 88.8 Å². The highest BCUT2D eigenvalue weighted by molar-refractivity contribution is 5.54. The lowest BCUT2D eigenvalue weighted by atomic mass is 10.3. The molecule has 2 rings (SSSR count). The van der Waals surface area contributed by atoms with Gasteiger partial charge < -0.3 is 10.3 Å². The second kappa shape index (κ2) is 4.23. The van der Waals surface area contributed by atoms with Gasteiger partial charge in [-0.2, -0.15) is 0 Å². The van der Waals surface area contributed by atoms with Crippen LogP contribution in [-0.4, -0.2) is 21.1 Å². The zero-order chi connectivity index (χ0) is 10.7. The van der Waals surface area contributed by atoms with Gasteiger partial charge in [0.25, 0.3) is 0 Å². The van der Waals surface area contributed by atoms with Crippen molar-refractivity contribution in [3.05, 3.63) is 36.4 Å². The molecule has 0 aliphatic carbocycles. The molecule has 0 aliphatic rings. The minimum absolute atomic E-state index is 0.628. The quantitative estimate of drug-likeness (QED) is 0.807. The van der Waals surface area contributed by atoms with E-state index >= 15 is 0 Å². The highest BCUT2D eigenvalue weighted by atomic mass is 15.0. The molecule has 15 heavy (non-hydrogen) atoms. The second-order valence-corrected chi connectivity index (χ2v) is 3.45. The molecule has 78 valence electrons. The number of imidazole rings is 1. The summed E-state index contributed by atoms with van der Waals surface area (Å²) in [6, 6.07) is 3.91. The molecule has 0 unspecified atom stereocenters. The van der Waals surface area contributed by atoms with E-state index < -0.39 is 0 Å². The van der Waals surface area contributed by atoms with Gasteiger partial charge in [-0.15, -0.1) is 0 Å². The molecule has 4 nitrogen and oxygen atoms in total. The maximum Gasteiger partial charge on any atom is 0.141 e. The number of hydrogen-bond donors (Lipinski definition) is 1. The lowest BCUT2D eigenvalue weighted by molar-refractivity contribution is 0.912. The second-order valence-electron chi connectivity index (χ2n) is 3.45. The summed E-state index contributed by atoms with van der Waals surface area (Å²) >= 11 is 0. The Kier molecular flexibility index (Phi) is 2.78. The Hall–Kier alpha value is -1.68. The standard InChI is InChI=1S/C11H14N4/c1-15-8-10(4-5-12)14-11(15)9-3-2-6-13-7-9/h2-3,6-8H,4-5,12H2,1H3. The Morgan fingerprint density at radius 3 is 3.00 bits per heavy atom. The maximum atomic E-state index is 5.50. The van der Waals surface area contributed by atoms with Crippen molar-refractivity contribution >= 4 is 0 Å². The van der Waals surface area contributed by atoms with Crippen molar-refractivity contribution in [2.45, 2.75) is 6.42 Å². The van der Waals surface area contributed by atoms with Crippen molar-refractivity contribution in [3.63, 3.8) is 0 Å². The van der Waals surface area contributed by atoms with Crippen LogP contribution in [-0.2, 0) is 13.5 Å². The molecule has 0 fully saturated rings. The van der Waals surface area contributed by atoms with Crippen LogP contribution in [0.2, 0.25) is 0 Å². The van der Waals surface area contributed by atoms with Gasteiger partial charge in [-0.05, 0) is 18.7 Å². The van der Waals surface area contributed by atoms with Gasteiger partial charge in [0.15, 0.2) is 0 Å². The first-order valence-electron chi connectivity index (χ1n) is 4.94. The molecular formula is C11H14N4. The number of rotatable bonds is 3. The summed E-state index contributed by atoms with van der Waals surface area (Å²) < 4.78 is 2.00. The number of aryl methyl sites for hydroxylation is 1. The highest BCUT2D eigenvalue weighted by Gasteiger charge is 2.06. The average molecular weight is 202 g/mol. The monoisotopic (exact) mass is 202 g/mol. The molecule has 0 saturated heterocycles. The topological polar surface area (TPSA) is 56.7 Å². The largest absolute Gasteiger partial charge is 0.334 e. The lowest BCUT2D eigenvalue weighted by Gasteiger charge is -1.99. The van der Waals surface area contributed by atoms with E-state index in [4.69, 9.17) is 5.73 Å². The molecule has 2 heterocycles. The van der Waals surface area contributed by atoms with E-state index in [1.165, 1.54) is 0 Å². The van der Waals surface area contributed by atoms with Crippen molar-refractivity contribution in [2.24, 2.45) is 12.8 Å². The molecule has 0 saturated carbocycles. The SMILES string of the molecule is Cn1cc(CCN)nc1-c1cccnc1. The van der Waals surface area contributed by atoms with E-state index in [1.54, 1.807) is 6.20 Å². The van der Waals surface area contributed by atoms with Crippen LogP contribution in [0.25, 0.3) is 11.4 Å². The first-order valence-corrected chi connectivity index (χ1v) is 4.94. The van der Waals surface area contributed by atoms with E-state index in [1.807, 2.05) is 36.1 Å². The number of aromatic nitrogens is 3. The Bertz CT molecular complexity index is 433. The molecule has 0 aliphatic heterocycles. The molecule has 2 aromatic rings. The molecule has 2 N–H and O–H groups in total. The number of nitrogens with two attached hydrogens (primary N) is 1. The molecule has 0 spiro atoms. The summed E-state index contributed by atoms with van der Waals surface area (Å²) in [5.74, 6) is 0.937. The van der Waals surface area contributed by atoms with Gasteiger partial charge in [-0.3, -0.25) is 4.98 Å². The van der Waals surface area contributed by atoms with Crippen molar-refractivity contribution in [1.82, 2.24) is 14.5 Å². The molecule has 0 aromatic carbocycles. The van der Waals surface area contributed by atoms with Crippen LogP contribution < -0.4 is 5.73 Å². The van der Waals surface area contributed by atoms with Gasteiger partial charge in [0.05, 0.1) is 5.69 Å². The van der Waals surface area contributed by atoms with Crippen molar-refractivity contribution in [2.75, 3.05) is 6.54 Å². The predicted octanol–water partition coefficient (Wildman–Crippen LogP) is 0.983. The molecule has 0 radical (unpaired) electrons. The Morgan fingerprint density at radius 1 is 1.47 bits per heavy atom. The number of nitrogens with zero attached hydrogens (tertiary/aromatic N) is 3. The lowest BCUT2D eigenvalue weighted by Crippen LogP contribution is -2.02. The number of hydrogen-bond acceptors (Lipinski definition) is 3. The van der Waals surface area contributed by atoms with Crippen LogP contribution in [0.4, 0.5) is 0 Å². The minimum atomic E-state index is 0.628. The first kappa shape index (κ1) is 9.86. The predicted molar refractivity (Wildman–Crippen MR) is 59.2 cm³/mol. The summed E-state index contributed by atoms with van der Waals surface area (Å²) in [5.41, 5.74) is 7.55. The van der Waals surface area contributed by atoms with Crippen molar-refractivity contribution in [1.29, 1.82) is 0 Å². The zero-order valence-electron chi connectivity index (χ0n) is 8.72. The van der Waals surface area contributed by atoms with Crippen molar-refractivity contribution in [3.8, 4) is 11.4 Å². The van der Waals surface area contributed by atoms with Gasteiger partial charge in [-0.25, -0.2) is 4.98 Å². The summed E-state index contributed by atoms with van der Waals surface area (Å²) in [5, 5.41) is 0. The van der Waals surface area contributed by atoms with Gasteiger partial charge in [0.2, 0.25) is 0 Å². The smallest absolute Gasteiger partial charge is 0.141 e. The Morgan fingerprint density at radius 2 is 2.33 bits per heavy atom. The van der Waals surface area contributed by atoms with E-state index in [0.717, 1.165) is 23.5 Å². The van der Waals surface area contributed by atoms with E-state index in [-0.39, 0.29) is 0 Å². The van der Waals surface area contributed by atoms with E-state index in [9.17, 15) is 0 Å². The van der Waals surface area contributed by atoms with Gasteiger partial charge >= 0.3 is 0 Å². The van der Waals surface area contributed by atoms with E-state index in [0.29, 0.717) is 6.54 Å². The normalized spacial score (nSPS) is 10.5. The summed E-state index contributed by atoms with van der Waals surface area (Å²) in [6.07, 6.45) is 6.39. The molecular weight excluding hydrogens is 188 g/mol. The van der Waals surface area contributed by atoms with Crippen LogP contribution in [0.15, 0.2) is 30.7 Å². The fraction of sp³-hybridized carbons (Fsp3) is 0.273. The minimum Gasteiger partial charge on any atom is -0.334 e. The van der Waals surface area contributed by atoms with Gasteiger partial charge in [0.1, 0.15) is 5.82 Å². The number of pyridine rings is 1.